The van der Waals surface area contributed by atoms with Gasteiger partial charge in [0.1, 0.15) is 0 Å². The van der Waals surface area contributed by atoms with E-state index in [0.717, 1.165) is 82.1 Å². The predicted octanol–water partition coefficient (Wildman–Crippen LogP) is 5.41. The summed E-state index contributed by atoms with van der Waals surface area (Å²) in [6.45, 7) is 2.71. The lowest BCUT2D eigenvalue weighted by Gasteiger charge is -2.24. The van der Waals surface area contributed by atoms with Gasteiger partial charge in [-0.2, -0.15) is 0 Å². The highest BCUT2D eigenvalue weighted by Gasteiger charge is 2.31. The first-order chi connectivity index (χ1) is 17.7. The van der Waals surface area contributed by atoms with E-state index < -0.39 is 0 Å². The van der Waals surface area contributed by atoms with Crippen LogP contribution in [-0.4, -0.2) is 50.6 Å². The van der Waals surface area contributed by atoms with E-state index in [9.17, 15) is 9.59 Å². The summed E-state index contributed by atoms with van der Waals surface area (Å²) in [6.07, 6.45) is 9.19. The maximum atomic E-state index is 13.5. The third kappa shape index (κ3) is 5.94. The zero-order valence-electron chi connectivity index (χ0n) is 21.0. The van der Waals surface area contributed by atoms with Crippen LogP contribution in [0.1, 0.15) is 94.3 Å². The molecule has 1 aliphatic carbocycles. The molecule has 0 saturated carbocycles. The molecule has 2 atom stereocenters. The van der Waals surface area contributed by atoms with Gasteiger partial charge in [0.25, 0.3) is 0 Å². The van der Waals surface area contributed by atoms with Gasteiger partial charge in [-0.05, 0) is 81.4 Å². The van der Waals surface area contributed by atoms with Crippen LogP contribution in [-0.2, 0) is 31.8 Å². The Kier molecular flexibility index (Phi) is 8.59. The molecule has 0 spiro atoms. The zero-order valence-corrected chi connectivity index (χ0v) is 21.0. The van der Waals surface area contributed by atoms with E-state index in [0.29, 0.717) is 41.9 Å². The van der Waals surface area contributed by atoms with Gasteiger partial charge in [0, 0.05) is 35.5 Å². The minimum absolute atomic E-state index is 0.0592. The highest BCUT2D eigenvalue weighted by molar-refractivity contribution is 6.28. The third-order valence-electron chi connectivity index (χ3n) is 7.25. The van der Waals surface area contributed by atoms with Crippen LogP contribution in [0, 0.1) is 0 Å². The molecule has 36 heavy (non-hydrogen) atoms. The largest absolute Gasteiger partial charge is 0.353 e. The molecule has 6 heteroatoms. The maximum absolute atomic E-state index is 13.5. The van der Waals surface area contributed by atoms with Gasteiger partial charge in [-0.1, -0.05) is 30.3 Å². The average Bonchev–Trinajstić information content (AvgIpc) is 2.93. The topological polar surface area (TPSA) is 71.1 Å². The van der Waals surface area contributed by atoms with Crippen LogP contribution in [0.15, 0.2) is 36.4 Å². The van der Waals surface area contributed by atoms with Crippen molar-refractivity contribution in [3.63, 3.8) is 0 Å². The molecular formula is C30H36O6. The van der Waals surface area contributed by atoms with Crippen molar-refractivity contribution in [1.29, 1.82) is 0 Å². The number of ether oxygens (including phenoxy) is 4. The van der Waals surface area contributed by atoms with Gasteiger partial charge in [0.15, 0.2) is 24.1 Å². The summed E-state index contributed by atoms with van der Waals surface area (Å²) in [5, 5.41) is 0. The Morgan fingerprint density at radius 1 is 0.722 bits per heavy atom. The number of rotatable bonds is 10. The van der Waals surface area contributed by atoms with E-state index in [2.05, 4.69) is 6.07 Å². The van der Waals surface area contributed by atoms with E-state index in [1.54, 1.807) is 12.1 Å². The summed E-state index contributed by atoms with van der Waals surface area (Å²) in [6, 6.07) is 11.2. The number of carbonyl (C=O) groups excluding carboxylic acids is 2. The molecule has 6 nitrogen and oxygen atoms in total. The summed E-state index contributed by atoms with van der Waals surface area (Å²) in [7, 11) is 0. The Morgan fingerprint density at radius 2 is 1.33 bits per heavy atom. The number of hydrogen-bond acceptors (Lipinski definition) is 6. The molecule has 2 aromatic carbocycles. The van der Waals surface area contributed by atoms with E-state index in [4.69, 9.17) is 18.9 Å². The van der Waals surface area contributed by atoms with Crippen molar-refractivity contribution in [3.8, 4) is 0 Å². The van der Waals surface area contributed by atoms with E-state index >= 15 is 0 Å². The lowest BCUT2D eigenvalue weighted by molar-refractivity contribution is -0.162. The fourth-order valence-electron chi connectivity index (χ4n) is 5.37. The second-order valence-corrected chi connectivity index (χ2v) is 9.92. The molecule has 2 heterocycles. The van der Waals surface area contributed by atoms with Crippen molar-refractivity contribution in [2.75, 3.05) is 26.4 Å². The Hall–Kier alpha value is -2.38. The number of carbonyl (C=O) groups is 2. The molecule has 0 radical (unpaired) electrons. The fraction of sp³-hybridized carbons (Fsp3) is 0.533. The molecule has 2 fully saturated rings. The third-order valence-corrected chi connectivity index (χ3v) is 7.25. The Morgan fingerprint density at radius 3 is 1.94 bits per heavy atom. The van der Waals surface area contributed by atoms with Crippen LogP contribution in [0.25, 0.3) is 0 Å². The average molecular weight is 493 g/mol. The first kappa shape index (κ1) is 25.3. The molecule has 0 N–H and O–H groups in total. The molecule has 3 aliphatic rings. The van der Waals surface area contributed by atoms with Crippen LogP contribution >= 0.6 is 0 Å². The normalized spacial score (nSPS) is 21.8. The standard InChI is InChI=1S/C30H36O6/c31-29-23-11-1-2-12-24(23)30(32)28-22(10-8-18-36-27-14-4-6-16-34-27)19-21(20-25(28)29)9-7-17-35-26-13-3-5-15-33-26/h1-2,11-12,19-20,26-27H,3-10,13-18H2. The van der Waals surface area contributed by atoms with Gasteiger partial charge >= 0.3 is 0 Å². The van der Waals surface area contributed by atoms with Gasteiger partial charge in [-0.15, -0.1) is 0 Å². The number of aryl methyl sites for hydroxylation is 2. The summed E-state index contributed by atoms with van der Waals surface area (Å²) >= 11 is 0. The van der Waals surface area contributed by atoms with E-state index in [-0.39, 0.29) is 24.1 Å². The minimum Gasteiger partial charge on any atom is -0.353 e. The monoisotopic (exact) mass is 492 g/mol. The number of ketones is 2. The number of fused-ring (bicyclic) bond motifs is 2. The molecule has 5 rings (SSSR count). The summed E-state index contributed by atoms with van der Waals surface area (Å²) in [5.41, 5.74) is 4.07. The van der Waals surface area contributed by atoms with Crippen molar-refractivity contribution in [3.05, 3.63) is 69.8 Å². The van der Waals surface area contributed by atoms with Crippen LogP contribution in [0.2, 0.25) is 0 Å². The van der Waals surface area contributed by atoms with Crippen molar-refractivity contribution < 1.29 is 28.5 Å². The van der Waals surface area contributed by atoms with Crippen molar-refractivity contribution in [2.45, 2.75) is 76.8 Å². The predicted molar refractivity (Wildman–Crippen MR) is 135 cm³/mol. The summed E-state index contributed by atoms with van der Waals surface area (Å²) in [4.78, 5) is 26.9. The molecule has 2 unspecified atom stereocenters. The highest BCUT2D eigenvalue weighted by atomic mass is 16.7. The van der Waals surface area contributed by atoms with Gasteiger partial charge in [0.2, 0.25) is 0 Å². The minimum atomic E-state index is -0.123. The quantitative estimate of drug-likeness (QED) is 0.352. The van der Waals surface area contributed by atoms with Crippen molar-refractivity contribution in [2.24, 2.45) is 0 Å². The second-order valence-electron chi connectivity index (χ2n) is 9.92. The van der Waals surface area contributed by atoms with Crippen molar-refractivity contribution >= 4 is 11.6 Å². The van der Waals surface area contributed by atoms with Gasteiger partial charge in [0.05, 0.1) is 13.2 Å². The summed E-state index contributed by atoms with van der Waals surface area (Å²) in [5.74, 6) is -0.127. The Balaban J connectivity index is 1.29. The fourth-order valence-corrected chi connectivity index (χ4v) is 5.37. The smallest absolute Gasteiger partial charge is 0.194 e. The molecule has 0 amide bonds. The summed E-state index contributed by atoms with van der Waals surface area (Å²) < 4.78 is 23.1. The second kappa shape index (κ2) is 12.2. The van der Waals surface area contributed by atoms with E-state index in [1.807, 2.05) is 18.2 Å². The Labute approximate surface area is 213 Å². The Bertz CT molecular complexity index is 1070. The first-order valence-corrected chi connectivity index (χ1v) is 13.5. The van der Waals surface area contributed by atoms with Crippen LogP contribution in [0.3, 0.4) is 0 Å². The maximum Gasteiger partial charge on any atom is 0.194 e. The molecule has 0 bridgehead atoms. The molecule has 2 aliphatic heterocycles. The lowest BCUT2D eigenvalue weighted by Crippen LogP contribution is -2.24. The lowest BCUT2D eigenvalue weighted by atomic mass is 9.79. The van der Waals surface area contributed by atoms with Gasteiger partial charge < -0.3 is 18.9 Å². The van der Waals surface area contributed by atoms with Crippen LogP contribution < -0.4 is 0 Å². The molecule has 2 saturated heterocycles. The first-order valence-electron chi connectivity index (χ1n) is 13.5. The van der Waals surface area contributed by atoms with Crippen molar-refractivity contribution in [1.82, 2.24) is 0 Å². The zero-order chi connectivity index (χ0) is 24.7. The van der Waals surface area contributed by atoms with E-state index in [1.165, 1.54) is 0 Å². The number of benzene rings is 2. The number of hydrogen-bond donors (Lipinski definition) is 0. The molecular weight excluding hydrogens is 456 g/mol. The van der Waals surface area contributed by atoms with Gasteiger partial charge in [-0.3, -0.25) is 9.59 Å². The van der Waals surface area contributed by atoms with Crippen LogP contribution in [0.4, 0.5) is 0 Å². The molecule has 192 valence electrons. The molecule has 0 aromatic heterocycles. The van der Waals surface area contributed by atoms with Crippen LogP contribution in [0.5, 0.6) is 0 Å². The SMILES string of the molecule is O=C1c2ccccc2C(=O)c2c(CCCOC3CCCCO3)cc(CCCOC3CCCCO3)cc21. The molecule has 2 aromatic rings. The van der Waals surface area contributed by atoms with Gasteiger partial charge in [-0.25, -0.2) is 0 Å². The highest BCUT2D eigenvalue weighted by Crippen LogP contribution is 2.32.